The molecule has 2 aromatic carbocycles. The van der Waals surface area contributed by atoms with E-state index in [0.717, 1.165) is 5.56 Å². The van der Waals surface area contributed by atoms with Crippen LogP contribution in [0.2, 0.25) is 5.02 Å². The molecular weight excluding hydrogens is 376 g/mol. The number of amides is 2. The topological polar surface area (TPSA) is 49.9 Å². The standard InChI is InChI=1S/C22H23ClN2O3/c23-18-8-4-7-17(13-18)21(26)25-14-19(16-5-2-1-3-6-16)20(15-25)22(27)24-9-11-28-12-10-24/h1-8,13,19-20H,9-12,14-15H2. The monoisotopic (exact) mass is 398 g/mol. The molecule has 0 bridgehead atoms. The van der Waals surface area contributed by atoms with Gasteiger partial charge in [-0.3, -0.25) is 9.59 Å². The van der Waals surface area contributed by atoms with Gasteiger partial charge in [-0.15, -0.1) is 0 Å². The molecule has 2 aliphatic heterocycles. The summed E-state index contributed by atoms with van der Waals surface area (Å²) in [7, 11) is 0. The highest BCUT2D eigenvalue weighted by Crippen LogP contribution is 2.35. The van der Waals surface area contributed by atoms with Crippen LogP contribution >= 0.6 is 11.6 Å². The number of halogens is 1. The van der Waals surface area contributed by atoms with Gasteiger partial charge in [-0.1, -0.05) is 48.0 Å². The minimum Gasteiger partial charge on any atom is -0.378 e. The van der Waals surface area contributed by atoms with Gasteiger partial charge in [-0.25, -0.2) is 0 Å². The van der Waals surface area contributed by atoms with E-state index in [2.05, 4.69) is 0 Å². The second-order valence-electron chi connectivity index (χ2n) is 7.28. The number of nitrogens with zero attached hydrogens (tertiary/aromatic N) is 2. The van der Waals surface area contributed by atoms with Crippen LogP contribution in [0, 0.1) is 5.92 Å². The van der Waals surface area contributed by atoms with Gasteiger partial charge in [0.25, 0.3) is 5.91 Å². The Hall–Kier alpha value is -2.37. The highest BCUT2D eigenvalue weighted by molar-refractivity contribution is 6.30. The van der Waals surface area contributed by atoms with Gasteiger partial charge in [0, 0.05) is 42.7 Å². The smallest absolute Gasteiger partial charge is 0.253 e. The first kappa shape index (κ1) is 19.0. The summed E-state index contributed by atoms with van der Waals surface area (Å²) in [5, 5.41) is 0.533. The Morgan fingerprint density at radius 1 is 0.929 bits per heavy atom. The van der Waals surface area contributed by atoms with Crippen LogP contribution < -0.4 is 0 Å². The molecule has 0 radical (unpaired) electrons. The Kier molecular flexibility index (Phi) is 5.64. The lowest BCUT2D eigenvalue weighted by Gasteiger charge is -2.30. The average Bonchev–Trinajstić information content (AvgIpc) is 3.19. The van der Waals surface area contributed by atoms with Crippen LogP contribution in [0.5, 0.6) is 0 Å². The van der Waals surface area contributed by atoms with Gasteiger partial charge in [0.05, 0.1) is 19.1 Å². The minimum absolute atomic E-state index is 0.0142. The zero-order valence-electron chi connectivity index (χ0n) is 15.6. The van der Waals surface area contributed by atoms with E-state index in [1.165, 1.54) is 0 Å². The van der Waals surface area contributed by atoms with Gasteiger partial charge in [0.15, 0.2) is 0 Å². The normalized spacial score (nSPS) is 22.3. The molecule has 2 heterocycles. The van der Waals surface area contributed by atoms with E-state index >= 15 is 0 Å². The van der Waals surface area contributed by atoms with Gasteiger partial charge in [0.2, 0.25) is 5.91 Å². The number of benzene rings is 2. The minimum atomic E-state index is -0.247. The van der Waals surface area contributed by atoms with Crippen molar-refractivity contribution >= 4 is 23.4 Å². The van der Waals surface area contributed by atoms with E-state index in [4.69, 9.17) is 16.3 Å². The summed E-state index contributed by atoms with van der Waals surface area (Å²) < 4.78 is 5.38. The van der Waals surface area contributed by atoms with Crippen LogP contribution in [0.1, 0.15) is 21.8 Å². The maximum absolute atomic E-state index is 13.3. The first-order valence-corrected chi connectivity index (χ1v) is 9.97. The third-order valence-corrected chi connectivity index (χ3v) is 5.78. The fourth-order valence-corrected chi connectivity index (χ4v) is 4.27. The SMILES string of the molecule is O=C(c1cccc(Cl)c1)N1CC(C(=O)N2CCOCC2)C(c2ccccc2)C1. The summed E-state index contributed by atoms with van der Waals surface area (Å²) in [4.78, 5) is 30.0. The molecule has 2 fully saturated rings. The largest absolute Gasteiger partial charge is 0.378 e. The number of carbonyl (C=O) groups is 2. The van der Waals surface area contributed by atoms with E-state index in [1.54, 1.807) is 29.2 Å². The summed E-state index contributed by atoms with van der Waals surface area (Å²) in [5.74, 6) is -0.234. The fraction of sp³-hybridized carbons (Fsp3) is 0.364. The van der Waals surface area contributed by atoms with Crippen molar-refractivity contribution in [2.45, 2.75) is 5.92 Å². The van der Waals surface area contributed by atoms with Gasteiger partial charge >= 0.3 is 0 Å². The Bertz CT molecular complexity index is 852. The van der Waals surface area contributed by atoms with Crippen molar-refractivity contribution < 1.29 is 14.3 Å². The van der Waals surface area contributed by atoms with E-state index in [9.17, 15) is 9.59 Å². The maximum atomic E-state index is 13.3. The maximum Gasteiger partial charge on any atom is 0.253 e. The Morgan fingerprint density at radius 3 is 2.39 bits per heavy atom. The van der Waals surface area contributed by atoms with E-state index in [1.807, 2.05) is 35.2 Å². The average molecular weight is 399 g/mol. The van der Waals surface area contributed by atoms with E-state index in [0.29, 0.717) is 50.0 Å². The molecule has 146 valence electrons. The van der Waals surface area contributed by atoms with Crippen LogP contribution in [0.3, 0.4) is 0 Å². The van der Waals surface area contributed by atoms with Gasteiger partial charge in [-0.2, -0.15) is 0 Å². The summed E-state index contributed by atoms with van der Waals surface area (Å²) in [6, 6.07) is 17.0. The van der Waals surface area contributed by atoms with Crippen molar-refractivity contribution in [2.24, 2.45) is 5.92 Å². The molecule has 2 aliphatic rings. The van der Waals surface area contributed by atoms with E-state index < -0.39 is 0 Å². The van der Waals surface area contributed by atoms with Crippen LogP contribution in [-0.4, -0.2) is 61.0 Å². The molecule has 0 aromatic heterocycles. The van der Waals surface area contributed by atoms with E-state index in [-0.39, 0.29) is 23.7 Å². The molecule has 2 saturated heterocycles. The molecule has 2 aromatic rings. The van der Waals surface area contributed by atoms with Crippen LogP contribution in [0.25, 0.3) is 0 Å². The molecule has 4 rings (SSSR count). The molecule has 0 aliphatic carbocycles. The third-order valence-electron chi connectivity index (χ3n) is 5.55. The molecule has 2 unspecified atom stereocenters. The molecule has 5 nitrogen and oxygen atoms in total. The van der Waals surface area contributed by atoms with Crippen molar-refractivity contribution in [1.82, 2.24) is 9.80 Å². The quantitative estimate of drug-likeness (QED) is 0.798. The molecular formula is C22H23ClN2O3. The van der Waals surface area contributed by atoms with Crippen LogP contribution in [0.4, 0.5) is 0 Å². The van der Waals surface area contributed by atoms with Crippen LogP contribution in [-0.2, 0) is 9.53 Å². The van der Waals surface area contributed by atoms with Crippen molar-refractivity contribution in [1.29, 1.82) is 0 Å². The highest BCUT2D eigenvalue weighted by atomic mass is 35.5. The number of ether oxygens (including phenoxy) is 1. The molecule has 2 atom stereocenters. The predicted octanol–water partition coefficient (Wildman–Crippen LogP) is 3.05. The molecule has 0 spiro atoms. The summed E-state index contributed by atoms with van der Waals surface area (Å²) in [5.41, 5.74) is 1.65. The fourth-order valence-electron chi connectivity index (χ4n) is 4.08. The molecule has 2 amide bonds. The first-order chi connectivity index (χ1) is 13.6. The van der Waals surface area contributed by atoms with Crippen molar-refractivity contribution in [2.75, 3.05) is 39.4 Å². The predicted molar refractivity (Wildman–Crippen MR) is 107 cm³/mol. The number of hydrogen-bond donors (Lipinski definition) is 0. The van der Waals surface area contributed by atoms with Crippen LogP contribution in [0.15, 0.2) is 54.6 Å². The molecule has 0 N–H and O–H groups in total. The lowest BCUT2D eigenvalue weighted by molar-refractivity contribution is -0.139. The Morgan fingerprint density at radius 2 is 1.68 bits per heavy atom. The van der Waals surface area contributed by atoms with Crippen molar-refractivity contribution in [3.63, 3.8) is 0 Å². The molecule has 28 heavy (non-hydrogen) atoms. The second kappa shape index (κ2) is 8.33. The zero-order valence-corrected chi connectivity index (χ0v) is 16.3. The van der Waals surface area contributed by atoms with Gasteiger partial charge in [-0.05, 0) is 23.8 Å². The molecule has 0 saturated carbocycles. The summed E-state index contributed by atoms with van der Waals surface area (Å²) in [6.45, 7) is 3.30. The number of hydrogen-bond acceptors (Lipinski definition) is 3. The first-order valence-electron chi connectivity index (χ1n) is 9.60. The lowest BCUT2D eigenvalue weighted by atomic mass is 9.88. The summed E-state index contributed by atoms with van der Waals surface area (Å²) >= 11 is 6.06. The van der Waals surface area contributed by atoms with Gasteiger partial charge < -0.3 is 14.5 Å². The zero-order chi connectivity index (χ0) is 19.5. The third kappa shape index (κ3) is 3.91. The van der Waals surface area contributed by atoms with Gasteiger partial charge in [0.1, 0.15) is 0 Å². The van der Waals surface area contributed by atoms with Crippen molar-refractivity contribution in [3.8, 4) is 0 Å². The second-order valence-corrected chi connectivity index (χ2v) is 7.72. The Balaban J connectivity index is 1.59. The Labute approximate surface area is 169 Å². The van der Waals surface area contributed by atoms with Crippen molar-refractivity contribution in [3.05, 3.63) is 70.7 Å². The number of morpholine rings is 1. The lowest BCUT2D eigenvalue weighted by Crippen LogP contribution is -2.45. The number of rotatable bonds is 3. The molecule has 6 heteroatoms. The number of carbonyl (C=O) groups excluding carboxylic acids is 2. The highest BCUT2D eigenvalue weighted by Gasteiger charge is 2.42. The summed E-state index contributed by atoms with van der Waals surface area (Å²) in [6.07, 6.45) is 0. The number of likely N-dealkylation sites (tertiary alicyclic amines) is 1.